The summed E-state index contributed by atoms with van der Waals surface area (Å²) in [4.78, 5) is 0. The number of hydrogen-bond donors (Lipinski definition) is 1. The molecule has 0 aromatic carbocycles. The normalized spacial score (nSPS) is 12.0. The Morgan fingerprint density at radius 3 is 2.75 bits per heavy atom. The van der Waals surface area contributed by atoms with Crippen molar-refractivity contribution in [3.63, 3.8) is 0 Å². The van der Waals surface area contributed by atoms with Crippen LogP contribution in [-0.4, -0.2) is 16.3 Å². The lowest BCUT2D eigenvalue weighted by molar-refractivity contribution is 0.519. The highest BCUT2D eigenvalue weighted by Crippen LogP contribution is 2.17. The minimum Gasteiger partial charge on any atom is -0.308 e. The predicted molar refractivity (Wildman–Crippen MR) is 67.1 cm³/mol. The number of aryl methyl sites for hydroxylation is 2. The maximum atomic E-state index is 4.47. The topological polar surface area (TPSA) is 29.9 Å². The SMILES string of the molecule is CC#CCC(NCC)c1cc(CC)nn1C. The molecule has 0 saturated carbocycles. The molecule has 0 amide bonds. The molecule has 1 heterocycles. The van der Waals surface area contributed by atoms with E-state index in [9.17, 15) is 0 Å². The Hall–Kier alpha value is -1.27. The molecule has 0 fully saturated rings. The van der Waals surface area contributed by atoms with E-state index in [0.717, 1.165) is 25.1 Å². The number of nitrogens with one attached hydrogen (secondary N) is 1. The molecule has 3 heteroatoms. The molecule has 0 bridgehead atoms. The molecular formula is C13H21N3. The van der Waals surface area contributed by atoms with E-state index in [1.807, 2.05) is 18.7 Å². The first-order chi connectivity index (χ1) is 7.72. The van der Waals surface area contributed by atoms with Crippen LogP contribution >= 0.6 is 0 Å². The second-order valence-electron chi connectivity index (χ2n) is 3.78. The van der Waals surface area contributed by atoms with Gasteiger partial charge in [-0.25, -0.2) is 0 Å². The van der Waals surface area contributed by atoms with Crippen molar-refractivity contribution in [2.24, 2.45) is 7.05 Å². The van der Waals surface area contributed by atoms with Gasteiger partial charge in [0.25, 0.3) is 0 Å². The molecule has 0 saturated heterocycles. The van der Waals surface area contributed by atoms with Gasteiger partial charge >= 0.3 is 0 Å². The molecule has 0 aliphatic heterocycles. The molecule has 1 aromatic heterocycles. The molecule has 1 aromatic rings. The highest BCUT2D eigenvalue weighted by molar-refractivity contribution is 5.16. The van der Waals surface area contributed by atoms with E-state index < -0.39 is 0 Å². The van der Waals surface area contributed by atoms with E-state index in [-0.39, 0.29) is 6.04 Å². The van der Waals surface area contributed by atoms with Crippen molar-refractivity contribution >= 4 is 0 Å². The fourth-order valence-corrected chi connectivity index (χ4v) is 1.77. The first kappa shape index (κ1) is 12.8. The van der Waals surface area contributed by atoms with Crippen LogP contribution in [0.25, 0.3) is 0 Å². The molecule has 16 heavy (non-hydrogen) atoms. The highest BCUT2D eigenvalue weighted by Gasteiger charge is 2.14. The lowest BCUT2D eigenvalue weighted by Gasteiger charge is -2.15. The number of rotatable bonds is 5. The average molecular weight is 219 g/mol. The van der Waals surface area contributed by atoms with Crippen LogP contribution < -0.4 is 5.32 Å². The third kappa shape index (κ3) is 3.11. The molecule has 1 N–H and O–H groups in total. The van der Waals surface area contributed by atoms with Gasteiger partial charge in [0.15, 0.2) is 0 Å². The van der Waals surface area contributed by atoms with Crippen LogP contribution in [0.15, 0.2) is 6.07 Å². The Morgan fingerprint density at radius 2 is 2.25 bits per heavy atom. The van der Waals surface area contributed by atoms with Gasteiger partial charge in [0.05, 0.1) is 17.4 Å². The summed E-state index contributed by atoms with van der Waals surface area (Å²) in [5.41, 5.74) is 2.37. The van der Waals surface area contributed by atoms with Gasteiger partial charge in [-0.1, -0.05) is 13.8 Å². The zero-order valence-corrected chi connectivity index (χ0v) is 10.7. The summed E-state index contributed by atoms with van der Waals surface area (Å²) in [5.74, 6) is 6.08. The van der Waals surface area contributed by atoms with Gasteiger partial charge in [-0.3, -0.25) is 4.68 Å². The average Bonchev–Trinajstić information content (AvgIpc) is 2.66. The van der Waals surface area contributed by atoms with Crippen LogP contribution in [0.1, 0.15) is 44.6 Å². The van der Waals surface area contributed by atoms with Gasteiger partial charge < -0.3 is 5.32 Å². The number of hydrogen-bond acceptors (Lipinski definition) is 2. The molecule has 1 rings (SSSR count). The molecule has 0 aliphatic rings. The van der Waals surface area contributed by atoms with E-state index in [4.69, 9.17) is 0 Å². The lowest BCUT2D eigenvalue weighted by atomic mass is 10.1. The van der Waals surface area contributed by atoms with Gasteiger partial charge in [0.1, 0.15) is 0 Å². The van der Waals surface area contributed by atoms with Crippen LogP contribution in [0.3, 0.4) is 0 Å². The van der Waals surface area contributed by atoms with Crippen LogP contribution in [0.4, 0.5) is 0 Å². The van der Waals surface area contributed by atoms with E-state index in [0.29, 0.717) is 0 Å². The number of nitrogens with zero attached hydrogens (tertiary/aromatic N) is 2. The minimum atomic E-state index is 0.287. The van der Waals surface area contributed by atoms with Crippen molar-refractivity contribution in [2.75, 3.05) is 6.54 Å². The molecule has 88 valence electrons. The van der Waals surface area contributed by atoms with Gasteiger partial charge in [0, 0.05) is 13.5 Å². The Kier molecular flexibility index (Phi) is 5.07. The summed E-state index contributed by atoms with van der Waals surface area (Å²) >= 11 is 0. The van der Waals surface area contributed by atoms with Gasteiger partial charge in [-0.2, -0.15) is 5.10 Å². The Balaban J connectivity index is 2.88. The van der Waals surface area contributed by atoms with Crippen molar-refractivity contribution in [3.8, 4) is 11.8 Å². The first-order valence-corrected chi connectivity index (χ1v) is 5.88. The van der Waals surface area contributed by atoms with Crippen LogP contribution in [-0.2, 0) is 13.5 Å². The third-order valence-corrected chi connectivity index (χ3v) is 2.62. The predicted octanol–water partition coefficient (Wildman–Crippen LogP) is 2.05. The zero-order valence-electron chi connectivity index (χ0n) is 10.7. The Morgan fingerprint density at radius 1 is 1.50 bits per heavy atom. The first-order valence-electron chi connectivity index (χ1n) is 5.88. The molecular weight excluding hydrogens is 198 g/mol. The summed E-state index contributed by atoms with van der Waals surface area (Å²) < 4.78 is 1.96. The molecule has 0 radical (unpaired) electrons. The van der Waals surface area contributed by atoms with Crippen LogP contribution in [0.5, 0.6) is 0 Å². The highest BCUT2D eigenvalue weighted by atomic mass is 15.3. The summed E-state index contributed by atoms with van der Waals surface area (Å²) in [7, 11) is 2.00. The summed E-state index contributed by atoms with van der Waals surface area (Å²) in [6.07, 6.45) is 1.82. The third-order valence-electron chi connectivity index (χ3n) is 2.62. The Bertz CT molecular complexity index is 382. The van der Waals surface area contributed by atoms with Crippen LogP contribution in [0.2, 0.25) is 0 Å². The second-order valence-corrected chi connectivity index (χ2v) is 3.78. The fraction of sp³-hybridized carbons (Fsp3) is 0.615. The second kappa shape index (κ2) is 6.34. The molecule has 1 unspecified atom stereocenters. The van der Waals surface area contributed by atoms with Gasteiger partial charge in [-0.15, -0.1) is 11.8 Å². The summed E-state index contributed by atoms with van der Waals surface area (Å²) in [5, 5.41) is 7.92. The summed E-state index contributed by atoms with van der Waals surface area (Å²) in [6.45, 7) is 7.07. The molecule has 0 spiro atoms. The van der Waals surface area contributed by atoms with Crippen molar-refractivity contribution < 1.29 is 0 Å². The largest absolute Gasteiger partial charge is 0.308 e. The maximum Gasteiger partial charge on any atom is 0.0625 e. The smallest absolute Gasteiger partial charge is 0.0625 e. The van der Waals surface area contributed by atoms with E-state index in [1.54, 1.807) is 0 Å². The number of aromatic nitrogens is 2. The van der Waals surface area contributed by atoms with Crippen molar-refractivity contribution in [2.45, 2.75) is 39.7 Å². The maximum absolute atomic E-state index is 4.47. The van der Waals surface area contributed by atoms with Crippen molar-refractivity contribution in [1.29, 1.82) is 0 Å². The fourth-order valence-electron chi connectivity index (χ4n) is 1.77. The van der Waals surface area contributed by atoms with Crippen molar-refractivity contribution in [3.05, 3.63) is 17.5 Å². The standard InChI is InChI=1S/C13H21N3/c1-5-8-9-12(14-7-3)13-10-11(6-2)15-16(13)4/h10,12,14H,6-7,9H2,1-4H3. The van der Waals surface area contributed by atoms with Crippen LogP contribution in [0, 0.1) is 11.8 Å². The molecule has 0 aliphatic carbocycles. The minimum absolute atomic E-state index is 0.287. The van der Waals surface area contributed by atoms with Crippen molar-refractivity contribution in [1.82, 2.24) is 15.1 Å². The monoisotopic (exact) mass is 219 g/mol. The van der Waals surface area contributed by atoms with E-state index in [1.165, 1.54) is 5.69 Å². The van der Waals surface area contributed by atoms with E-state index in [2.05, 4.69) is 42.2 Å². The van der Waals surface area contributed by atoms with Gasteiger partial charge in [-0.05, 0) is 26.0 Å². The molecule has 3 nitrogen and oxygen atoms in total. The van der Waals surface area contributed by atoms with E-state index >= 15 is 0 Å². The lowest BCUT2D eigenvalue weighted by Crippen LogP contribution is -2.22. The van der Waals surface area contributed by atoms with Gasteiger partial charge in [0.2, 0.25) is 0 Å². The zero-order chi connectivity index (χ0) is 12.0. The Labute approximate surface area is 98.2 Å². The quantitative estimate of drug-likeness (QED) is 0.768. The molecule has 1 atom stereocenters. The summed E-state index contributed by atoms with van der Waals surface area (Å²) in [6, 6.07) is 2.46.